The molecular formula is C15H25NO. The van der Waals surface area contributed by atoms with E-state index in [0.29, 0.717) is 6.54 Å². The van der Waals surface area contributed by atoms with Crippen molar-refractivity contribution in [2.45, 2.75) is 52.2 Å². The minimum absolute atomic E-state index is 0.203. The Morgan fingerprint density at radius 2 is 1.65 bits per heavy atom. The predicted molar refractivity (Wildman–Crippen MR) is 73.2 cm³/mol. The van der Waals surface area contributed by atoms with Crippen LogP contribution >= 0.6 is 0 Å². The third kappa shape index (κ3) is 4.49. The molecule has 0 saturated carbocycles. The zero-order valence-electron chi connectivity index (χ0n) is 11.6. The van der Waals surface area contributed by atoms with Gasteiger partial charge in [-0.15, -0.1) is 0 Å². The number of benzene rings is 1. The molecule has 0 radical (unpaired) electrons. The molecule has 0 aliphatic heterocycles. The second-order valence-corrected chi connectivity index (χ2v) is 5.85. The topological polar surface area (TPSA) is 32.3 Å². The molecule has 0 aliphatic rings. The van der Waals surface area contributed by atoms with Gasteiger partial charge in [0.25, 0.3) is 0 Å². The van der Waals surface area contributed by atoms with Gasteiger partial charge >= 0.3 is 0 Å². The molecule has 2 nitrogen and oxygen atoms in total. The number of aliphatic hydroxyl groups is 1. The third-order valence-electron chi connectivity index (χ3n) is 3.00. The van der Waals surface area contributed by atoms with Crippen LogP contribution in [-0.4, -0.2) is 17.8 Å². The second-order valence-electron chi connectivity index (χ2n) is 5.85. The Kier molecular flexibility index (Phi) is 4.72. The average molecular weight is 235 g/mol. The highest BCUT2D eigenvalue weighted by Gasteiger charge is 2.13. The van der Waals surface area contributed by atoms with E-state index in [1.807, 2.05) is 0 Å². The highest BCUT2D eigenvalue weighted by Crippen LogP contribution is 2.23. The zero-order valence-corrected chi connectivity index (χ0v) is 11.6. The Morgan fingerprint density at radius 1 is 1.12 bits per heavy atom. The first-order valence-electron chi connectivity index (χ1n) is 6.32. The highest BCUT2D eigenvalue weighted by atomic mass is 16.3. The smallest absolute Gasteiger partial charge is 0.0636 e. The van der Waals surface area contributed by atoms with Crippen LogP contribution in [0.25, 0.3) is 0 Å². The summed E-state index contributed by atoms with van der Waals surface area (Å²) in [5.41, 5.74) is 2.82. The molecule has 96 valence electrons. The monoisotopic (exact) mass is 235 g/mol. The molecule has 1 aromatic carbocycles. The van der Waals surface area contributed by atoms with Crippen LogP contribution in [0.3, 0.4) is 0 Å². The van der Waals surface area contributed by atoms with Gasteiger partial charge in [0.1, 0.15) is 0 Å². The Balaban J connectivity index is 2.67. The predicted octanol–water partition coefficient (Wildman–Crippen LogP) is 3.02. The van der Waals surface area contributed by atoms with Crippen LogP contribution in [0.15, 0.2) is 24.3 Å². The van der Waals surface area contributed by atoms with Gasteiger partial charge in [-0.05, 0) is 30.4 Å². The summed E-state index contributed by atoms with van der Waals surface area (Å²) in [6, 6.07) is 8.99. The van der Waals surface area contributed by atoms with Gasteiger partial charge in [-0.3, -0.25) is 0 Å². The molecule has 17 heavy (non-hydrogen) atoms. The summed E-state index contributed by atoms with van der Waals surface area (Å²) in [4.78, 5) is 0. The summed E-state index contributed by atoms with van der Waals surface area (Å²) in [6.07, 6.45) is -0.300. The standard InChI is InChI=1S/C15H25NO/c1-11(17)10-16-12(2)13-6-8-14(9-7-13)15(3,4)5/h6-9,11-12,16-17H,10H2,1-5H3. The van der Waals surface area contributed by atoms with E-state index in [1.165, 1.54) is 11.1 Å². The van der Waals surface area contributed by atoms with Crippen molar-refractivity contribution < 1.29 is 5.11 Å². The van der Waals surface area contributed by atoms with Crippen molar-refractivity contribution in [1.29, 1.82) is 0 Å². The first kappa shape index (κ1) is 14.2. The maximum atomic E-state index is 9.24. The van der Waals surface area contributed by atoms with Gasteiger partial charge in [-0.25, -0.2) is 0 Å². The molecule has 2 heteroatoms. The molecule has 0 amide bonds. The normalized spacial score (nSPS) is 15.6. The van der Waals surface area contributed by atoms with Gasteiger partial charge in [0.2, 0.25) is 0 Å². The molecule has 0 bridgehead atoms. The van der Waals surface area contributed by atoms with Gasteiger partial charge < -0.3 is 10.4 Å². The molecule has 0 spiro atoms. The molecule has 0 aromatic heterocycles. The maximum Gasteiger partial charge on any atom is 0.0636 e. The van der Waals surface area contributed by atoms with Crippen LogP contribution < -0.4 is 5.32 Å². The van der Waals surface area contributed by atoms with Crippen molar-refractivity contribution in [2.24, 2.45) is 0 Å². The van der Waals surface area contributed by atoms with Crippen LogP contribution in [-0.2, 0) is 5.41 Å². The fourth-order valence-electron chi connectivity index (χ4n) is 1.74. The van der Waals surface area contributed by atoms with Crippen LogP contribution in [0.4, 0.5) is 0 Å². The van der Waals surface area contributed by atoms with Crippen LogP contribution in [0, 0.1) is 0 Å². The maximum absolute atomic E-state index is 9.24. The summed E-state index contributed by atoms with van der Waals surface area (Å²) in [6.45, 7) is 11.2. The molecule has 2 unspecified atom stereocenters. The molecular weight excluding hydrogens is 210 g/mol. The lowest BCUT2D eigenvalue weighted by molar-refractivity contribution is 0.187. The van der Waals surface area contributed by atoms with E-state index in [0.717, 1.165) is 0 Å². The third-order valence-corrected chi connectivity index (χ3v) is 3.00. The van der Waals surface area contributed by atoms with Gasteiger partial charge in [-0.2, -0.15) is 0 Å². The minimum atomic E-state index is -0.300. The van der Waals surface area contributed by atoms with Gasteiger partial charge in [-0.1, -0.05) is 45.0 Å². The fourth-order valence-corrected chi connectivity index (χ4v) is 1.74. The number of nitrogens with one attached hydrogen (secondary N) is 1. The number of rotatable bonds is 4. The van der Waals surface area contributed by atoms with E-state index in [1.54, 1.807) is 6.92 Å². The first-order valence-corrected chi connectivity index (χ1v) is 6.32. The van der Waals surface area contributed by atoms with E-state index in [9.17, 15) is 5.11 Å². The van der Waals surface area contributed by atoms with E-state index < -0.39 is 0 Å². The average Bonchev–Trinajstić information content (AvgIpc) is 2.25. The van der Waals surface area contributed by atoms with Gasteiger partial charge in [0.05, 0.1) is 6.10 Å². The van der Waals surface area contributed by atoms with Crippen molar-refractivity contribution in [3.63, 3.8) is 0 Å². The van der Waals surface area contributed by atoms with Crippen LogP contribution in [0.2, 0.25) is 0 Å². The lowest BCUT2D eigenvalue weighted by atomic mass is 9.86. The molecule has 1 rings (SSSR count). The molecule has 2 atom stereocenters. The molecule has 0 saturated heterocycles. The van der Waals surface area contributed by atoms with Crippen LogP contribution in [0.1, 0.15) is 51.8 Å². The van der Waals surface area contributed by atoms with Crippen molar-refractivity contribution in [1.82, 2.24) is 5.32 Å². The fraction of sp³-hybridized carbons (Fsp3) is 0.600. The number of hydrogen-bond acceptors (Lipinski definition) is 2. The largest absolute Gasteiger partial charge is 0.392 e. The van der Waals surface area contributed by atoms with Crippen LogP contribution in [0.5, 0.6) is 0 Å². The number of aliphatic hydroxyl groups excluding tert-OH is 1. The Labute approximate surface area is 105 Å². The lowest BCUT2D eigenvalue weighted by Crippen LogP contribution is -2.27. The Bertz CT molecular complexity index is 335. The minimum Gasteiger partial charge on any atom is -0.392 e. The Morgan fingerprint density at radius 3 is 2.06 bits per heavy atom. The van der Waals surface area contributed by atoms with Crippen molar-refractivity contribution in [2.75, 3.05) is 6.54 Å². The van der Waals surface area contributed by atoms with Crippen molar-refractivity contribution in [3.8, 4) is 0 Å². The first-order chi connectivity index (χ1) is 7.80. The summed E-state index contributed by atoms with van der Waals surface area (Å²) in [5.74, 6) is 0. The highest BCUT2D eigenvalue weighted by molar-refractivity contribution is 5.28. The second kappa shape index (κ2) is 5.65. The molecule has 1 aromatic rings. The molecule has 0 heterocycles. The van der Waals surface area contributed by atoms with E-state index >= 15 is 0 Å². The Hall–Kier alpha value is -0.860. The van der Waals surface area contributed by atoms with Crippen molar-refractivity contribution in [3.05, 3.63) is 35.4 Å². The van der Waals surface area contributed by atoms with Gasteiger partial charge in [0.15, 0.2) is 0 Å². The molecule has 0 aliphatic carbocycles. The summed E-state index contributed by atoms with van der Waals surface area (Å²) in [7, 11) is 0. The van der Waals surface area contributed by atoms with Gasteiger partial charge in [0, 0.05) is 12.6 Å². The van der Waals surface area contributed by atoms with E-state index in [4.69, 9.17) is 0 Å². The SMILES string of the molecule is CC(O)CNC(C)c1ccc(C(C)(C)C)cc1. The van der Waals surface area contributed by atoms with E-state index in [2.05, 4.69) is 57.3 Å². The summed E-state index contributed by atoms with van der Waals surface area (Å²) in [5, 5.41) is 12.5. The lowest BCUT2D eigenvalue weighted by Gasteiger charge is -2.21. The zero-order chi connectivity index (χ0) is 13.1. The summed E-state index contributed by atoms with van der Waals surface area (Å²) < 4.78 is 0. The molecule has 0 fully saturated rings. The quantitative estimate of drug-likeness (QED) is 0.841. The van der Waals surface area contributed by atoms with E-state index in [-0.39, 0.29) is 17.6 Å². The molecule has 2 N–H and O–H groups in total. The number of hydrogen-bond donors (Lipinski definition) is 2. The van der Waals surface area contributed by atoms with Crippen molar-refractivity contribution >= 4 is 0 Å². The summed E-state index contributed by atoms with van der Waals surface area (Å²) >= 11 is 0.